The van der Waals surface area contributed by atoms with Gasteiger partial charge in [0.15, 0.2) is 11.6 Å². The number of nitrogens with zero attached hydrogens (tertiary/aromatic N) is 7. The van der Waals surface area contributed by atoms with Gasteiger partial charge in [0.25, 0.3) is 0 Å². The highest BCUT2D eigenvalue weighted by Gasteiger charge is 2.28. The van der Waals surface area contributed by atoms with Gasteiger partial charge in [0.05, 0.1) is 17.8 Å². The number of ether oxygens (including phenoxy) is 1. The second kappa shape index (κ2) is 8.82. The van der Waals surface area contributed by atoms with Crippen molar-refractivity contribution in [3.8, 4) is 22.9 Å². The largest absolute Gasteiger partial charge is 0.482 e. The Morgan fingerprint density at radius 2 is 2.15 bits per heavy atom. The van der Waals surface area contributed by atoms with Crippen molar-refractivity contribution < 1.29 is 13.9 Å². The van der Waals surface area contributed by atoms with Crippen LogP contribution in [-0.2, 0) is 18.3 Å². The van der Waals surface area contributed by atoms with Crippen LogP contribution in [0.2, 0.25) is 0 Å². The summed E-state index contributed by atoms with van der Waals surface area (Å²) in [5.74, 6) is 0.243. The number of nitrogens with two attached hydrogens (primary N) is 1. The van der Waals surface area contributed by atoms with E-state index in [0.29, 0.717) is 46.0 Å². The summed E-state index contributed by atoms with van der Waals surface area (Å²) in [6.45, 7) is 1.72. The summed E-state index contributed by atoms with van der Waals surface area (Å²) in [7, 11) is 5.10. The van der Waals surface area contributed by atoms with Gasteiger partial charge in [-0.25, -0.2) is 9.37 Å². The molecule has 0 radical (unpaired) electrons. The first kappa shape index (κ1) is 22.7. The number of hydrogen-bond donors (Lipinski definition) is 1. The number of nitrogen functional groups attached to an aromatic ring is 1. The highest BCUT2D eigenvalue weighted by atomic mass is 19.1. The molecule has 2 aromatic heterocycles. The number of halogens is 1. The minimum atomic E-state index is -0.698. The molecule has 3 aromatic rings. The summed E-state index contributed by atoms with van der Waals surface area (Å²) < 4.78 is 21.8. The quantitative estimate of drug-likeness (QED) is 0.458. The van der Waals surface area contributed by atoms with E-state index in [-0.39, 0.29) is 18.0 Å². The molecule has 1 amide bonds. The molecule has 0 aliphatic carbocycles. The standard InChI is InChI=1S/C23H23FN8O2/c1-13-16-8-15(24)5-6-18(16)32(12-33)21(29-30(2)3)9-17-22(19(10-25)31(4)28-17)14-7-20(34-13)23(26)27-11-14/h5-8,11-13H,9H2,1-4H3,(H2,26,27)/b29-21-. The third kappa shape index (κ3) is 4.01. The minimum absolute atomic E-state index is 0.105. The molecule has 1 aliphatic heterocycles. The van der Waals surface area contributed by atoms with E-state index < -0.39 is 11.9 Å². The number of hydrogen-bond acceptors (Lipinski definition) is 8. The second-order valence-corrected chi connectivity index (χ2v) is 7.99. The molecule has 34 heavy (non-hydrogen) atoms. The third-order valence-electron chi connectivity index (χ3n) is 5.41. The molecule has 0 saturated carbocycles. The molecule has 174 valence electrons. The van der Waals surface area contributed by atoms with E-state index in [9.17, 15) is 14.4 Å². The van der Waals surface area contributed by atoms with Crippen molar-refractivity contribution in [1.29, 1.82) is 5.26 Å². The Balaban J connectivity index is 2.06. The molecular formula is C23H23FN8O2. The van der Waals surface area contributed by atoms with Gasteiger partial charge >= 0.3 is 0 Å². The van der Waals surface area contributed by atoms with Crippen molar-refractivity contribution in [2.75, 3.05) is 24.7 Å². The Kier molecular flexibility index (Phi) is 5.89. The molecule has 1 aliphatic rings. The smallest absolute Gasteiger partial charge is 0.219 e. The number of aromatic nitrogens is 3. The molecule has 1 atom stereocenters. The Bertz CT molecular complexity index is 1340. The highest BCUT2D eigenvalue weighted by Crippen LogP contribution is 2.37. The lowest BCUT2D eigenvalue weighted by atomic mass is 10.0. The molecule has 4 rings (SSSR count). The maximum absolute atomic E-state index is 14.3. The average Bonchev–Trinajstić information content (AvgIpc) is 3.10. The first-order chi connectivity index (χ1) is 16.2. The van der Waals surface area contributed by atoms with E-state index in [4.69, 9.17) is 10.5 Å². The SMILES string of the molecule is CC1Oc2cc(cnc2N)-c2c(nn(C)c2C#N)C/C(=N/N(C)C)N(C=O)c2ccc(F)cc21. The number of nitriles is 1. The zero-order valence-electron chi connectivity index (χ0n) is 19.2. The lowest BCUT2D eigenvalue weighted by molar-refractivity contribution is -0.106. The van der Waals surface area contributed by atoms with Crippen molar-refractivity contribution in [3.63, 3.8) is 0 Å². The van der Waals surface area contributed by atoms with Gasteiger partial charge in [0.1, 0.15) is 29.5 Å². The van der Waals surface area contributed by atoms with Gasteiger partial charge in [0, 0.05) is 44.0 Å². The molecule has 0 spiro atoms. The van der Waals surface area contributed by atoms with Crippen LogP contribution >= 0.6 is 0 Å². The number of amidine groups is 1. The fraction of sp³-hybridized carbons (Fsp3) is 0.261. The summed E-state index contributed by atoms with van der Waals surface area (Å²) in [4.78, 5) is 17.9. The van der Waals surface area contributed by atoms with E-state index in [1.54, 1.807) is 39.1 Å². The Morgan fingerprint density at radius 3 is 2.82 bits per heavy atom. The van der Waals surface area contributed by atoms with Crippen molar-refractivity contribution in [1.82, 2.24) is 19.8 Å². The molecule has 11 heteroatoms. The van der Waals surface area contributed by atoms with Gasteiger partial charge in [-0.15, -0.1) is 0 Å². The first-order valence-electron chi connectivity index (χ1n) is 10.4. The van der Waals surface area contributed by atoms with E-state index in [1.165, 1.54) is 34.0 Å². The van der Waals surface area contributed by atoms with Crippen LogP contribution in [0.15, 0.2) is 35.6 Å². The topological polar surface area (TPSA) is 126 Å². The summed E-state index contributed by atoms with van der Waals surface area (Å²) >= 11 is 0. The minimum Gasteiger partial charge on any atom is -0.482 e. The molecule has 3 heterocycles. The van der Waals surface area contributed by atoms with Crippen LogP contribution in [0, 0.1) is 17.1 Å². The van der Waals surface area contributed by atoms with Crippen LogP contribution in [0.4, 0.5) is 15.9 Å². The number of hydrazone groups is 1. The predicted octanol–water partition coefficient (Wildman–Crippen LogP) is 2.61. The van der Waals surface area contributed by atoms with E-state index in [0.717, 1.165) is 0 Å². The normalized spacial score (nSPS) is 16.4. The highest BCUT2D eigenvalue weighted by molar-refractivity contribution is 6.11. The number of fused-ring (bicyclic) bond motifs is 5. The number of pyridine rings is 1. The van der Waals surface area contributed by atoms with Gasteiger partial charge in [-0.1, -0.05) is 0 Å². The van der Waals surface area contributed by atoms with E-state index in [2.05, 4.69) is 21.3 Å². The summed E-state index contributed by atoms with van der Waals surface area (Å²) in [5, 5.41) is 20.4. The molecule has 10 nitrogen and oxygen atoms in total. The molecule has 1 unspecified atom stereocenters. The zero-order chi connectivity index (χ0) is 24.6. The van der Waals surface area contributed by atoms with Gasteiger partial charge in [-0.2, -0.15) is 15.5 Å². The number of rotatable bonds is 2. The second-order valence-electron chi connectivity index (χ2n) is 7.99. The molecule has 1 aromatic carbocycles. The summed E-state index contributed by atoms with van der Waals surface area (Å²) in [6.07, 6.45) is 1.55. The monoisotopic (exact) mass is 462 g/mol. The first-order valence-corrected chi connectivity index (χ1v) is 10.4. The fourth-order valence-corrected chi connectivity index (χ4v) is 3.95. The van der Waals surface area contributed by atoms with Crippen molar-refractivity contribution in [3.05, 3.63) is 53.2 Å². The van der Waals surface area contributed by atoms with Crippen LogP contribution in [0.25, 0.3) is 11.1 Å². The lowest BCUT2D eigenvalue weighted by Crippen LogP contribution is -2.34. The maximum atomic E-state index is 14.3. The fourth-order valence-electron chi connectivity index (χ4n) is 3.95. The van der Waals surface area contributed by atoms with Crippen molar-refractivity contribution in [2.24, 2.45) is 12.1 Å². The number of benzene rings is 1. The molecule has 2 bridgehead atoms. The number of amides is 1. The van der Waals surface area contributed by atoms with Gasteiger partial charge < -0.3 is 15.5 Å². The number of aryl methyl sites for hydroxylation is 1. The molecule has 0 saturated heterocycles. The van der Waals surface area contributed by atoms with Crippen LogP contribution < -0.4 is 15.4 Å². The van der Waals surface area contributed by atoms with E-state index >= 15 is 0 Å². The summed E-state index contributed by atoms with van der Waals surface area (Å²) in [5.41, 5.74) is 8.79. The molecule has 2 N–H and O–H groups in total. The Labute approximate surface area is 195 Å². The van der Waals surface area contributed by atoms with Crippen molar-refractivity contribution >= 4 is 23.8 Å². The van der Waals surface area contributed by atoms with Crippen LogP contribution in [0.5, 0.6) is 5.75 Å². The lowest BCUT2D eigenvalue weighted by Gasteiger charge is -2.27. The number of anilines is 2. The predicted molar refractivity (Wildman–Crippen MR) is 124 cm³/mol. The van der Waals surface area contributed by atoms with Crippen molar-refractivity contribution in [2.45, 2.75) is 19.4 Å². The third-order valence-corrected chi connectivity index (χ3v) is 5.41. The number of carbonyl (C=O) groups excluding carboxylic acids is 1. The average molecular weight is 462 g/mol. The maximum Gasteiger partial charge on any atom is 0.219 e. The van der Waals surface area contributed by atoms with Gasteiger partial charge in [0.2, 0.25) is 6.41 Å². The van der Waals surface area contributed by atoms with Gasteiger partial charge in [-0.3, -0.25) is 14.4 Å². The van der Waals surface area contributed by atoms with Crippen LogP contribution in [0.1, 0.15) is 30.0 Å². The molecular weight excluding hydrogens is 439 g/mol. The zero-order valence-corrected chi connectivity index (χ0v) is 19.2. The van der Waals surface area contributed by atoms with Gasteiger partial charge in [-0.05, 0) is 31.2 Å². The van der Waals surface area contributed by atoms with Crippen LogP contribution in [-0.4, -0.2) is 46.1 Å². The number of carbonyl (C=O) groups is 1. The van der Waals surface area contributed by atoms with E-state index in [1.807, 2.05) is 0 Å². The van der Waals surface area contributed by atoms with Crippen LogP contribution in [0.3, 0.4) is 0 Å². The summed E-state index contributed by atoms with van der Waals surface area (Å²) in [6, 6.07) is 7.92. The Hall–Kier alpha value is -4.46. The molecule has 0 fully saturated rings. The Morgan fingerprint density at radius 1 is 1.38 bits per heavy atom.